The first-order valence-corrected chi connectivity index (χ1v) is 16.5. The number of nitrogens with one attached hydrogen (secondary N) is 1. The summed E-state index contributed by atoms with van der Waals surface area (Å²) in [6.45, 7) is -0.621. The predicted molar refractivity (Wildman–Crippen MR) is 180 cm³/mol. The molecule has 2 N–H and O–H groups in total. The molecular formula is C36H32Cl3NO9. The first-order chi connectivity index (χ1) is 23.6. The van der Waals surface area contributed by atoms with E-state index in [-0.39, 0.29) is 6.61 Å². The number of aliphatic hydroxyl groups is 1. The van der Waals surface area contributed by atoms with Crippen LogP contribution < -0.4 is 5.32 Å². The molecule has 0 aromatic heterocycles. The number of benzene rings is 4. The first-order valence-electron chi connectivity index (χ1n) is 15.4. The van der Waals surface area contributed by atoms with Gasteiger partial charge in [-0.3, -0.25) is 0 Å². The number of aliphatic hydroxyl groups excluding tert-OH is 1. The van der Waals surface area contributed by atoms with E-state index in [0.717, 1.165) is 0 Å². The third-order valence-corrected chi connectivity index (χ3v) is 8.42. The van der Waals surface area contributed by atoms with E-state index in [1.165, 1.54) is 0 Å². The average molecular weight is 729 g/mol. The summed E-state index contributed by atoms with van der Waals surface area (Å²) in [5, 5.41) is 13.6. The molecule has 4 aromatic carbocycles. The lowest BCUT2D eigenvalue weighted by Gasteiger charge is -2.47. The van der Waals surface area contributed by atoms with Crippen molar-refractivity contribution in [2.24, 2.45) is 0 Å². The number of halogens is 3. The molecule has 2 aliphatic heterocycles. The normalized spacial score (nSPS) is 23.8. The predicted octanol–water partition coefficient (Wildman–Crippen LogP) is 6.80. The lowest BCUT2D eigenvalue weighted by atomic mass is 9.80. The second-order valence-electron chi connectivity index (χ2n) is 11.3. The summed E-state index contributed by atoms with van der Waals surface area (Å²) in [5.41, 5.74) is 1.15. The van der Waals surface area contributed by atoms with Gasteiger partial charge in [0.2, 0.25) is 3.79 Å². The van der Waals surface area contributed by atoms with E-state index in [2.05, 4.69) is 5.32 Å². The maximum atomic E-state index is 14.2. The van der Waals surface area contributed by atoms with Gasteiger partial charge in [-0.05, 0) is 0 Å². The van der Waals surface area contributed by atoms with Crippen LogP contribution in [0.4, 0.5) is 9.59 Å². The van der Waals surface area contributed by atoms with Gasteiger partial charge >= 0.3 is 12.2 Å². The Morgan fingerprint density at radius 3 is 1.80 bits per heavy atom. The quantitative estimate of drug-likeness (QED) is 0.115. The van der Waals surface area contributed by atoms with Crippen molar-refractivity contribution in [3.05, 3.63) is 144 Å². The van der Waals surface area contributed by atoms with E-state index < -0.39 is 65.2 Å². The average Bonchev–Trinajstić information content (AvgIpc) is 3.12. The lowest BCUT2D eigenvalue weighted by Crippen LogP contribution is -2.67. The molecule has 0 saturated carbocycles. The molecule has 2 heterocycles. The molecule has 1 unspecified atom stereocenters. The van der Waals surface area contributed by atoms with Gasteiger partial charge in [0.1, 0.15) is 24.9 Å². The second kappa shape index (κ2) is 15.3. The van der Waals surface area contributed by atoms with Crippen molar-refractivity contribution >= 4 is 47.1 Å². The number of alkyl halides is 3. The molecule has 49 heavy (non-hydrogen) atoms. The Bertz CT molecular complexity index is 1580. The molecule has 0 aliphatic carbocycles. The highest BCUT2D eigenvalue weighted by Crippen LogP contribution is 2.42. The largest absolute Gasteiger partial charge is 0.510 e. The van der Waals surface area contributed by atoms with Crippen molar-refractivity contribution in [2.75, 3.05) is 13.2 Å². The second-order valence-corrected chi connectivity index (χ2v) is 13.8. The van der Waals surface area contributed by atoms with Gasteiger partial charge in [-0.25, -0.2) is 9.59 Å². The maximum absolute atomic E-state index is 14.2. The van der Waals surface area contributed by atoms with Crippen LogP contribution in [-0.4, -0.2) is 65.0 Å². The molecule has 10 nitrogen and oxygen atoms in total. The van der Waals surface area contributed by atoms with Crippen molar-refractivity contribution in [1.29, 1.82) is 0 Å². The van der Waals surface area contributed by atoms with Crippen molar-refractivity contribution in [1.82, 2.24) is 5.32 Å². The molecular weight excluding hydrogens is 697 g/mol. The number of carbonyl (C=O) groups is 2. The van der Waals surface area contributed by atoms with E-state index in [4.69, 9.17) is 63.2 Å². The van der Waals surface area contributed by atoms with Gasteiger partial charge in [0, 0.05) is 22.3 Å². The minimum absolute atomic E-state index is 0.0252. The van der Waals surface area contributed by atoms with Crippen LogP contribution >= 0.6 is 34.8 Å². The fraction of sp³-hybridized carbons (Fsp3) is 0.278. The Balaban J connectivity index is 1.36. The molecule has 4 aromatic rings. The zero-order valence-electron chi connectivity index (χ0n) is 25.8. The van der Waals surface area contributed by atoms with Crippen LogP contribution in [0.3, 0.4) is 0 Å². The number of carbonyl (C=O) groups excluding carboxylic acids is 2. The molecule has 6 rings (SSSR count). The molecule has 13 heteroatoms. The maximum Gasteiger partial charge on any atom is 0.510 e. The van der Waals surface area contributed by atoms with Gasteiger partial charge < -0.3 is 38.8 Å². The summed E-state index contributed by atoms with van der Waals surface area (Å²) in [4.78, 5) is 27.1. The van der Waals surface area contributed by atoms with Crippen molar-refractivity contribution in [2.45, 2.75) is 46.3 Å². The Labute approximate surface area is 297 Å². The molecule has 0 spiro atoms. The van der Waals surface area contributed by atoms with Gasteiger partial charge in [0.25, 0.3) is 0 Å². The molecule has 6 atom stereocenters. The number of alkyl carbamates (subject to hydrolysis) is 1. The lowest BCUT2D eigenvalue weighted by molar-refractivity contribution is -0.338. The Morgan fingerprint density at radius 2 is 1.29 bits per heavy atom. The summed E-state index contributed by atoms with van der Waals surface area (Å²) in [6, 6.07) is 35.4. The van der Waals surface area contributed by atoms with Gasteiger partial charge in [-0.15, -0.1) is 0 Å². The molecule has 0 bridgehead atoms. The summed E-state index contributed by atoms with van der Waals surface area (Å²) < 4.78 is 33.6. The number of fused-ring (bicyclic) bond motifs is 1. The summed E-state index contributed by atoms with van der Waals surface area (Å²) in [5.74, 6) is 0. The molecule has 256 valence electrons. The topological polar surface area (TPSA) is 122 Å². The number of hydrogen-bond donors (Lipinski definition) is 2. The van der Waals surface area contributed by atoms with Gasteiger partial charge in [-0.2, -0.15) is 0 Å². The smallest absolute Gasteiger partial charge is 0.445 e. The Kier molecular flexibility index (Phi) is 11.0. The molecule has 1 amide bonds. The molecule has 2 aliphatic rings. The van der Waals surface area contributed by atoms with Crippen LogP contribution in [-0.2, 0) is 34.0 Å². The highest BCUT2D eigenvalue weighted by molar-refractivity contribution is 6.67. The van der Waals surface area contributed by atoms with Crippen LogP contribution in [0.2, 0.25) is 0 Å². The minimum atomic E-state index is -1.90. The standard InChI is InChI=1S/C36H32Cl3NO9/c37-35(38,39)22-45-33(42)40-28-30(29-27(46-31(28)41)21-44-32(47-29)23-13-5-1-6-14-23)48-34(43)49-36(24-15-7-2-8-16-24,25-17-9-3-10-18-25)26-19-11-4-12-20-26/h1-20,27-32,41H,21-22H2,(H,40,42)/t27-,28-,29-,30-,31-,32?/m1/s1. The van der Waals surface area contributed by atoms with E-state index in [0.29, 0.717) is 22.3 Å². The van der Waals surface area contributed by atoms with Crippen LogP contribution in [0, 0.1) is 0 Å². The zero-order chi connectivity index (χ0) is 34.4. The highest BCUT2D eigenvalue weighted by Gasteiger charge is 2.53. The summed E-state index contributed by atoms with van der Waals surface area (Å²) in [7, 11) is 0. The third kappa shape index (κ3) is 8.13. The van der Waals surface area contributed by atoms with Gasteiger partial charge in [-0.1, -0.05) is 156 Å². The number of amides is 1. The number of hydrogen-bond acceptors (Lipinski definition) is 9. The highest BCUT2D eigenvalue weighted by atomic mass is 35.6. The van der Waals surface area contributed by atoms with Gasteiger partial charge in [0.05, 0.1) is 6.61 Å². The Hall–Kier alpha value is -3.87. The van der Waals surface area contributed by atoms with E-state index in [1.54, 1.807) is 0 Å². The zero-order valence-corrected chi connectivity index (χ0v) is 28.0. The number of ether oxygens (including phenoxy) is 6. The number of rotatable bonds is 8. The summed E-state index contributed by atoms with van der Waals surface area (Å²) >= 11 is 17.3. The Morgan fingerprint density at radius 1 is 0.776 bits per heavy atom. The SMILES string of the molecule is O=C(N[C@@H]1[C@@H](OC(=O)OC(c2ccccc2)(c2ccccc2)c2ccccc2)[C@@H]2OC(c3ccccc3)OC[C@H]2O[C@H]1O)OCC(Cl)(Cl)Cl. The molecule has 2 saturated heterocycles. The molecule has 2 fully saturated rings. The fourth-order valence-electron chi connectivity index (χ4n) is 5.94. The third-order valence-electron chi connectivity index (χ3n) is 8.09. The van der Waals surface area contributed by atoms with E-state index in [1.807, 2.05) is 121 Å². The van der Waals surface area contributed by atoms with Crippen LogP contribution in [0.1, 0.15) is 28.5 Å². The van der Waals surface area contributed by atoms with Crippen LogP contribution in [0.15, 0.2) is 121 Å². The summed E-state index contributed by atoms with van der Waals surface area (Å²) in [6.07, 6.45) is -8.09. The first kappa shape index (κ1) is 35.0. The molecule has 0 radical (unpaired) electrons. The minimum Gasteiger partial charge on any atom is -0.445 e. The van der Waals surface area contributed by atoms with Gasteiger partial charge in [0.15, 0.2) is 24.3 Å². The van der Waals surface area contributed by atoms with E-state index >= 15 is 0 Å². The monoisotopic (exact) mass is 727 g/mol. The van der Waals surface area contributed by atoms with Crippen LogP contribution in [0.5, 0.6) is 0 Å². The van der Waals surface area contributed by atoms with Crippen molar-refractivity contribution in [3.63, 3.8) is 0 Å². The van der Waals surface area contributed by atoms with Crippen LogP contribution in [0.25, 0.3) is 0 Å². The van der Waals surface area contributed by atoms with Crippen molar-refractivity contribution in [3.8, 4) is 0 Å². The fourth-order valence-corrected chi connectivity index (χ4v) is 6.11. The van der Waals surface area contributed by atoms with Crippen molar-refractivity contribution < 1.29 is 43.1 Å². The van der Waals surface area contributed by atoms with E-state index in [9.17, 15) is 14.7 Å².